The van der Waals surface area contributed by atoms with Gasteiger partial charge in [-0.1, -0.05) is 23.7 Å². The van der Waals surface area contributed by atoms with Crippen LogP contribution in [0.5, 0.6) is 5.75 Å². The van der Waals surface area contributed by atoms with Gasteiger partial charge in [0.15, 0.2) is 6.61 Å². The molecule has 0 spiro atoms. The van der Waals surface area contributed by atoms with Crippen LogP contribution in [0.1, 0.15) is 27.3 Å². The summed E-state index contributed by atoms with van der Waals surface area (Å²) in [5, 5.41) is 7.69. The highest BCUT2D eigenvalue weighted by molar-refractivity contribution is 6.31. The zero-order valence-corrected chi connectivity index (χ0v) is 17.7. The van der Waals surface area contributed by atoms with Crippen molar-refractivity contribution in [2.45, 2.75) is 20.4 Å². The maximum Gasteiger partial charge on any atom is 0.338 e. The van der Waals surface area contributed by atoms with Gasteiger partial charge in [0.2, 0.25) is 0 Å². The number of aryl methyl sites for hydroxylation is 1. The molecule has 7 nitrogen and oxygen atoms in total. The first-order valence-electron chi connectivity index (χ1n) is 9.28. The zero-order valence-electron chi connectivity index (χ0n) is 16.9. The van der Waals surface area contributed by atoms with Crippen molar-refractivity contribution in [3.63, 3.8) is 0 Å². The smallest absolute Gasteiger partial charge is 0.338 e. The van der Waals surface area contributed by atoms with Crippen LogP contribution in [0.4, 0.5) is 0 Å². The Balaban J connectivity index is 1.53. The van der Waals surface area contributed by atoms with E-state index in [-0.39, 0.29) is 12.5 Å². The van der Waals surface area contributed by atoms with Gasteiger partial charge in [0.25, 0.3) is 5.91 Å². The molecule has 0 bridgehead atoms. The maximum absolute atomic E-state index is 12.2. The third kappa shape index (κ3) is 4.99. The van der Waals surface area contributed by atoms with Crippen molar-refractivity contribution in [3.05, 3.63) is 76.1 Å². The summed E-state index contributed by atoms with van der Waals surface area (Å²) < 4.78 is 11.9. The lowest BCUT2D eigenvalue weighted by Gasteiger charge is -2.09. The number of esters is 1. The predicted molar refractivity (Wildman–Crippen MR) is 113 cm³/mol. The van der Waals surface area contributed by atoms with Gasteiger partial charge in [0.1, 0.15) is 5.75 Å². The van der Waals surface area contributed by atoms with Crippen LogP contribution >= 0.6 is 11.6 Å². The first-order chi connectivity index (χ1) is 14.4. The molecule has 1 heterocycles. The number of nitrogens with one attached hydrogen (secondary N) is 1. The Morgan fingerprint density at radius 3 is 2.50 bits per heavy atom. The number of aromatic nitrogens is 2. The van der Waals surface area contributed by atoms with Gasteiger partial charge in [0, 0.05) is 6.54 Å². The van der Waals surface area contributed by atoms with E-state index >= 15 is 0 Å². The predicted octanol–water partition coefficient (Wildman–Crippen LogP) is 3.62. The van der Waals surface area contributed by atoms with Gasteiger partial charge >= 0.3 is 5.97 Å². The molecule has 0 atom stereocenters. The Morgan fingerprint density at radius 2 is 1.87 bits per heavy atom. The minimum absolute atomic E-state index is 0.313. The summed E-state index contributed by atoms with van der Waals surface area (Å²) in [6, 6.07) is 14.1. The first-order valence-corrected chi connectivity index (χ1v) is 9.65. The molecule has 1 N–H and O–H groups in total. The molecule has 0 aliphatic heterocycles. The van der Waals surface area contributed by atoms with Gasteiger partial charge in [-0.3, -0.25) is 4.79 Å². The van der Waals surface area contributed by atoms with Crippen molar-refractivity contribution in [2.75, 3.05) is 13.7 Å². The first kappa shape index (κ1) is 21.4. The number of methoxy groups -OCH3 is 1. The Kier molecular flexibility index (Phi) is 6.74. The second-order valence-corrected chi connectivity index (χ2v) is 7.03. The molecule has 1 amide bonds. The number of nitrogens with zero attached hydrogens (tertiary/aromatic N) is 2. The lowest BCUT2D eigenvalue weighted by molar-refractivity contribution is -0.124. The van der Waals surface area contributed by atoms with Crippen LogP contribution in [-0.4, -0.2) is 35.4 Å². The molecule has 0 saturated heterocycles. The second kappa shape index (κ2) is 9.45. The highest BCUT2D eigenvalue weighted by Crippen LogP contribution is 2.22. The van der Waals surface area contributed by atoms with Crippen LogP contribution in [0.15, 0.2) is 48.5 Å². The standard InChI is InChI=1S/C22H22ClN3O4/c1-14-21(23)15(2)26(25-14)18-9-7-17(8-10-18)22(28)30-13-20(27)24-12-16-5-4-6-19(11-16)29-3/h4-11H,12-13H2,1-3H3,(H,24,27). The Morgan fingerprint density at radius 1 is 1.13 bits per heavy atom. The van der Waals surface area contributed by atoms with Crippen LogP contribution in [0, 0.1) is 13.8 Å². The molecular formula is C22H22ClN3O4. The number of carbonyl (C=O) groups is 2. The van der Waals surface area contributed by atoms with Gasteiger partial charge in [-0.05, 0) is 55.8 Å². The van der Waals surface area contributed by atoms with E-state index < -0.39 is 5.97 Å². The topological polar surface area (TPSA) is 82.5 Å². The fraction of sp³-hybridized carbons (Fsp3) is 0.227. The summed E-state index contributed by atoms with van der Waals surface area (Å²) in [6.07, 6.45) is 0. The van der Waals surface area contributed by atoms with Crippen LogP contribution in [0.25, 0.3) is 5.69 Å². The van der Waals surface area contributed by atoms with E-state index in [1.165, 1.54) is 0 Å². The minimum atomic E-state index is -0.579. The lowest BCUT2D eigenvalue weighted by atomic mass is 10.2. The third-order valence-corrected chi connectivity index (χ3v) is 5.06. The molecule has 0 aliphatic carbocycles. The number of benzene rings is 2. The fourth-order valence-electron chi connectivity index (χ4n) is 2.86. The molecule has 0 unspecified atom stereocenters. The van der Waals surface area contributed by atoms with E-state index in [2.05, 4.69) is 10.4 Å². The van der Waals surface area contributed by atoms with Gasteiger partial charge < -0.3 is 14.8 Å². The molecule has 3 rings (SSSR count). The van der Waals surface area contributed by atoms with E-state index in [0.717, 1.165) is 22.6 Å². The van der Waals surface area contributed by atoms with Gasteiger partial charge in [-0.15, -0.1) is 0 Å². The maximum atomic E-state index is 12.2. The fourth-order valence-corrected chi connectivity index (χ4v) is 2.98. The van der Waals surface area contributed by atoms with E-state index in [9.17, 15) is 9.59 Å². The summed E-state index contributed by atoms with van der Waals surface area (Å²) >= 11 is 6.18. The van der Waals surface area contributed by atoms with Crippen molar-refractivity contribution in [1.82, 2.24) is 15.1 Å². The van der Waals surface area contributed by atoms with Crippen molar-refractivity contribution in [3.8, 4) is 11.4 Å². The molecular weight excluding hydrogens is 406 g/mol. The summed E-state index contributed by atoms with van der Waals surface area (Å²) in [4.78, 5) is 24.2. The largest absolute Gasteiger partial charge is 0.497 e. The average molecular weight is 428 g/mol. The Labute approximate surface area is 179 Å². The van der Waals surface area contributed by atoms with Crippen molar-refractivity contribution >= 4 is 23.5 Å². The van der Waals surface area contributed by atoms with E-state index in [4.69, 9.17) is 21.1 Å². The van der Waals surface area contributed by atoms with E-state index in [1.54, 1.807) is 36.1 Å². The van der Waals surface area contributed by atoms with Crippen LogP contribution < -0.4 is 10.1 Å². The second-order valence-electron chi connectivity index (χ2n) is 6.65. The quantitative estimate of drug-likeness (QED) is 0.582. The van der Waals surface area contributed by atoms with Crippen molar-refractivity contribution in [1.29, 1.82) is 0 Å². The monoisotopic (exact) mass is 427 g/mol. The number of hydrogen-bond donors (Lipinski definition) is 1. The number of halogens is 1. The zero-order chi connectivity index (χ0) is 21.7. The van der Waals surface area contributed by atoms with Gasteiger partial charge in [0.05, 0.1) is 34.8 Å². The highest BCUT2D eigenvalue weighted by atomic mass is 35.5. The SMILES string of the molecule is COc1cccc(CNC(=O)COC(=O)c2ccc(-n3nc(C)c(Cl)c3C)cc2)c1. The van der Waals surface area contributed by atoms with E-state index in [1.807, 2.05) is 38.1 Å². The molecule has 0 radical (unpaired) electrons. The Bertz CT molecular complexity index is 1060. The molecule has 30 heavy (non-hydrogen) atoms. The highest BCUT2D eigenvalue weighted by Gasteiger charge is 2.13. The molecule has 0 fully saturated rings. The summed E-state index contributed by atoms with van der Waals surface area (Å²) in [5.74, 6) is -0.260. The molecule has 8 heteroatoms. The molecule has 156 valence electrons. The summed E-state index contributed by atoms with van der Waals surface area (Å²) in [5.41, 5.74) is 3.55. The minimum Gasteiger partial charge on any atom is -0.497 e. The number of ether oxygens (including phenoxy) is 2. The van der Waals surface area contributed by atoms with E-state index in [0.29, 0.717) is 22.9 Å². The third-order valence-electron chi connectivity index (χ3n) is 4.51. The normalized spacial score (nSPS) is 10.5. The van der Waals surface area contributed by atoms with Crippen LogP contribution in [0.2, 0.25) is 5.02 Å². The van der Waals surface area contributed by atoms with Gasteiger partial charge in [-0.2, -0.15) is 5.10 Å². The Hall–Kier alpha value is -3.32. The van der Waals surface area contributed by atoms with Crippen molar-refractivity contribution in [2.24, 2.45) is 0 Å². The molecule has 1 aromatic heterocycles. The van der Waals surface area contributed by atoms with Crippen molar-refractivity contribution < 1.29 is 19.1 Å². The summed E-state index contributed by atoms with van der Waals surface area (Å²) in [6.45, 7) is 3.65. The number of amides is 1. The van der Waals surface area contributed by atoms with Gasteiger partial charge in [-0.25, -0.2) is 9.48 Å². The molecule has 3 aromatic rings. The average Bonchev–Trinajstić information content (AvgIpc) is 3.03. The molecule has 0 saturated carbocycles. The number of rotatable bonds is 7. The van der Waals surface area contributed by atoms with Crippen LogP contribution in [0.3, 0.4) is 0 Å². The molecule has 0 aliphatic rings. The number of carbonyl (C=O) groups excluding carboxylic acids is 2. The number of hydrogen-bond acceptors (Lipinski definition) is 5. The molecule has 2 aromatic carbocycles. The summed E-state index contributed by atoms with van der Waals surface area (Å²) in [7, 11) is 1.58. The van der Waals surface area contributed by atoms with Crippen LogP contribution in [-0.2, 0) is 16.1 Å². The lowest BCUT2D eigenvalue weighted by Crippen LogP contribution is -2.28.